The van der Waals surface area contributed by atoms with E-state index in [0.29, 0.717) is 6.42 Å². The van der Waals surface area contributed by atoms with Crippen molar-refractivity contribution in [2.75, 3.05) is 6.61 Å². The van der Waals surface area contributed by atoms with Crippen LogP contribution in [0.2, 0.25) is 0 Å². The maximum Gasteiger partial charge on any atom is 0.105 e. The van der Waals surface area contributed by atoms with Gasteiger partial charge in [0, 0.05) is 23.6 Å². The Balaban J connectivity index is 0.00000144. The van der Waals surface area contributed by atoms with Gasteiger partial charge in [0.25, 0.3) is 0 Å². The number of aliphatic hydroxyl groups is 1. The van der Waals surface area contributed by atoms with Gasteiger partial charge in [0.2, 0.25) is 0 Å². The molecule has 4 nitrogen and oxygen atoms in total. The van der Waals surface area contributed by atoms with Gasteiger partial charge in [-0.3, -0.25) is 0 Å². The van der Waals surface area contributed by atoms with Gasteiger partial charge >= 0.3 is 0 Å². The van der Waals surface area contributed by atoms with Crippen LogP contribution in [0.5, 0.6) is 0 Å². The molecule has 3 N–H and O–H groups in total. The number of hydrogen-bond acceptors (Lipinski definition) is 5. The van der Waals surface area contributed by atoms with Gasteiger partial charge in [0.1, 0.15) is 5.69 Å². The second kappa shape index (κ2) is 6.66. The van der Waals surface area contributed by atoms with Crippen molar-refractivity contribution in [3.8, 4) is 11.3 Å². The number of nitrogens with zero attached hydrogens (tertiary/aromatic N) is 2. The van der Waals surface area contributed by atoms with Gasteiger partial charge in [-0.15, -0.1) is 17.5 Å². The first-order valence-corrected chi connectivity index (χ1v) is 5.88. The largest absolute Gasteiger partial charge is 0.396 e. The lowest BCUT2D eigenvalue weighted by Crippen LogP contribution is -2.11. The normalized spacial score (nSPS) is 11.9. The van der Waals surface area contributed by atoms with Crippen LogP contribution >= 0.6 is 23.9 Å². The predicted octanol–water partition coefficient (Wildman–Crippen LogP) is 2.01. The van der Waals surface area contributed by atoms with Crippen molar-refractivity contribution < 1.29 is 5.11 Å². The van der Waals surface area contributed by atoms with E-state index in [9.17, 15) is 0 Å². The number of aromatic nitrogens is 2. The maximum atomic E-state index is 8.81. The quantitative estimate of drug-likeness (QED) is 0.892. The van der Waals surface area contributed by atoms with E-state index in [0.717, 1.165) is 16.8 Å². The highest BCUT2D eigenvalue weighted by Crippen LogP contribution is 2.21. The number of rotatable bonds is 4. The highest BCUT2D eigenvalue weighted by Gasteiger charge is 2.06. The van der Waals surface area contributed by atoms with Crippen LogP contribution in [0.25, 0.3) is 11.3 Å². The lowest BCUT2D eigenvalue weighted by Gasteiger charge is -2.10. The number of benzene rings is 1. The summed E-state index contributed by atoms with van der Waals surface area (Å²) in [5, 5.41) is 14.7. The second-order valence-electron chi connectivity index (χ2n) is 3.53. The molecule has 0 fully saturated rings. The minimum Gasteiger partial charge on any atom is -0.396 e. The lowest BCUT2D eigenvalue weighted by atomic mass is 10.0. The molecule has 0 aliphatic carbocycles. The van der Waals surface area contributed by atoms with Crippen LogP contribution in [0.1, 0.15) is 18.0 Å². The van der Waals surface area contributed by atoms with Gasteiger partial charge in [-0.1, -0.05) is 28.8 Å². The van der Waals surface area contributed by atoms with E-state index in [1.54, 1.807) is 0 Å². The van der Waals surface area contributed by atoms with Gasteiger partial charge in [0.05, 0.1) is 0 Å². The van der Waals surface area contributed by atoms with Crippen LogP contribution in [0.3, 0.4) is 0 Å². The predicted molar refractivity (Wildman–Crippen MR) is 71.2 cm³/mol. The summed E-state index contributed by atoms with van der Waals surface area (Å²) in [4.78, 5) is 0. The molecule has 6 heteroatoms. The fraction of sp³-hybridized carbons (Fsp3) is 0.273. The SMILES string of the molecule is Cl.NC(CCO)c1ccc(-c2csnn2)cc1. The average molecular weight is 272 g/mol. The third kappa shape index (κ3) is 3.47. The molecule has 0 aliphatic heterocycles. The Morgan fingerprint density at radius 3 is 2.53 bits per heavy atom. The Kier molecular flexibility index (Phi) is 5.50. The molecule has 1 heterocycles. The van der Waals surface area contributed by atoms with Gasteiger partial charge in [-0.05, 0) is 23.5 Å². The topological polar surface area (TPSA) is 72.0 Å². The standard InChI is InChI=1S/C11H13N3OS.ClH/c12-10(5-6-15)8-1-3-9(4-2-8)11-7-16-14-13-11;/h1-4,7,10,15H,5-6,12H2;1H. The zero-order valence-electron chi connectivity index (χ0n) is 9.11. The van der Waals surface area contributed by atoms with E-state index in [4.69, 9.17) is 10.8 Å². The van der Waals surface area contributed by atoms with Gasteiger partial charge in [0.15, 0.2) is 0 Å². The smallest absolute Gasteiger partial charge is 0.105 e. The van der Waals surface area contributed by atoms with Gasteiger partial charge < -0.3 is 10.8 Å². The van der Waals surface area contributed by atoms with Crippen LogP contribution in [0, 0.1) is 0 Å². The van der Waals surface area contributed by atoms with Crippen LogP contribution in [-0.4, -0.2) is 21.3 Å². The number of nitrogens with two attached hydrogens (primary N) is 1. The summed E-state index contributed by atoms with van der Waals surface area (Å²) in [6, 6.07) is 7.78. The number of hydrogen-bond donors (Lipinski definition) is 2. The first kappa shape index (κ1) is 14.1. The van der Waals surface area contributed by atoms with Crippen molar-refractivity contribution in [1.82, 2.24) is 9.59 Å². The van der Waals surface area contributed by atoms with Crippen LogP contribution < -0.4 is 5.73 Å². The van der Waals surface area contributed by atoms with Gasteiger partial charge in [-0.2, -0.15) is 0 Å². The molecular formula is C11H14ClN3OS. The molecule has 0 aliphatic rings. The highest BCUT2D eigenvalue weighted by molar-refractivity contribution is 7.03. The molecule has 1 aromatic heterocycles. The van der Waals surface area contributed by atoms with Crippen molar-refractivity contribution in [2.45, 2.75) is 12.5 Å². The minimum atomic E-state index is -0.104. The summed E-state index contributed by atoms with van der Waals surface area (Å²) >= 11 is 1.33. The Hall–Kier alpha value is -1.01. The summed E-state index contributed by atoms with van der Waals surface area (Å²) in [6.07, 6.45) is 0.581. The lowest BCUT2D eigenvalue weighted by molar-refractivity contribution is 0.276. The number of aliphatic hydroxyl groups excluding tert-OH is 1. The average Bonchev–Trinajstić information content (AvgIpc) is 2.83. The van der Waals surface area contributed by atoms with Crippen molar-refractivity contribution in [1.29, 1.82) is 0 Å². The third-order valence-corrected chi connectivity index (χ3v) is 2.94. The minimum absolute atomic E-state index is 0. The Morgan fingerprint density at radius 2 is 2.00 bits per heavy atom. The number of halogens is 1. The zero-order chi connectivity index (χ0) is 11.4. The fourth-order valence-corrected chi connectivity index (χ4v) is 1.96. The molecule has 1 unspecified atom stereocenters. The first-order chi connectivity index (χ1) is 7.81. The van der Waals surface area contributed by atoms with Crippen LogP contribution in [0.4, 0.5) is 0 Å². The van der Waals surface area contributed by atoms with Crippen molar-refractivity contribution >= 4 is 23.9 Å². The summed E-state index contributed by atoms with van der Waals surface area (Å²) in [6.45, 7) is 0.110. The molecule has 1 atom stereocenters. The van der Waals surface area contributed by atoms with E-state index in [1.165, 1.54) is 11.5 Å². The highest BCUT2D eigenvalue weighted by atomic mass is 35.5. The molecule has 0 saturated carbocycles. The first-order valence-electron chi connectivity index (χ1n) is 5.05. The van der Waals surface area contributed by atoms with E-state index in [1.807, 2.05) is 29.6 Å². The molecule has 2 aromatic rings. The Labute approximate surface area is 110 Å². The third-order valence-electron chi connectivity index (χ3n) is 2.43. The zero-order valence-corrected chi connectivity index (χ0v) is 10.7. The van der Waals surface area contributed by atoms with Gasteiger partial charge in [-0.25, -0.2) is 0 Å². The molecule has 0 spiro atoms. The van der Waals surface area contributed by atoms with Crippen molar-refractivity contribution in [3.05, 3.63) is 35.2 Å². The Bertz CT molecular complexity index is 432. The van der Waals surface area contributed by atoms with E-state index < -0.39 is 0 Å². The summed E-state index contributed by atoms with van der Waals surface area (Å²) in [5.74, 6) is 0. The van der Waals surface area contributed by atoms with Crippen molar-refractivity contribution in [2.24, 2.45) is 5.73 Å². The van der Waals surface area contributed by atoms with E-state index >= 15 is 0 Å². The van der Waals surface area contributed by atoms with Crippen LogP contribution in [-0.2, 0) is 0 Å². The summed E-state index contributed by atoms with van der Waals surface area (Å²) in [7, 11) is 0. The van der Waals surface area contributed by atoms with Crippen molar-refractivity contribution in [3.63, 3.8) is 0 Å². The molecule has 0 radical (unpaired) electrons. The fourth-order valence-electron chi connectivity index (χ4n) is 1.50. The molecular weight excluding hydrogens is 258 g/mol. The summed E-state index contributed by atoms with van der Waals surface area (Å²) < 4.78 is 3.82. The molecule has 92 valence electrons. The molecule has 0 saturated heterocycles. The maximum absolute atomic E-state index is 8.81. The molecule has 0 bridgehead atoms. The molecule has 0 amide bonds. The molecule has 2 rings (SSSR count). The van der Waals surface area contributed by atoms with Crippen LogP contribution in [0.15, 0.2) is 29.6 Å². The molecule has 17 heavy (non-hydrogen) atoms. The monoisotopic (exact) mass is 271 g/mol. The second-order valence-corrected chi connectivity index (χ2v) is 4.14. The summed E-state index contributed by atoms with van der Waals surface area (Å²) in [5.41, 5.74) is 8.83. The van der Waals surface area contributed by atoms with E-state index in [-0.39, 0.29) is 25.1 Å². The van der Waals surface area contributed by atoms with E-state index in [2.05, 4.69) is 9.59 Å². The Morgan fingerprint density at radius 1 is 1.29 bits per heavy atom. The molecule has 1 aromatic carbocycles.